The third kappa shape index (κ3) is 2.87. The molecule has 0 N–H and O–H groups in total. The Labute approximate surface area is 97.6 Å². The minimum Gasteiger partial charge on any atom is -0.294 e. The van der Waals surface area contributed by atoms with E-state index in [4.69, 9.17) is 0 Å². The average molecular weight is 242 g/mol. The molecule has 17 heavy (non-hydrogen) atoms. The summed E-state index contributed by atoms with van der Waals surface area (Å²) in [7, 11) is 0. The van der Waals surface area contributed by atoms with Crippen LogP contribution in [0.2, 0.25) is 0 Å². The van der Waals surface area contributed by atoms with E-state index in [-0.39, 0.29) is 11.5 Å². The maximum Gasteiger partial charge on any atom is 0.396 e. The number of benzene rings is 1. The lowest BCUT2D eigenvalue weighted by molar-refractivity contribution is -0.125. The van der Waals surface area contributed by atoms with E-state index in [1.165, 1.54) is 6.07 Å². The van der Waals surface area contributed by atoms with Crippen LogP contribution < -0.4 is 0 Å². The van der Waals surface area contributed by atoms with Gasteiger partial charge in [-0.05, 0) is 24.3 Å². The molecule has 0 amide bonds. The number of carbonyl (C=O) groups is 1. The largest absolute Gasteiger partial charge is 0.396 e. The molecular formula is C13H13F3O. The second-order valence-corrected chi connectivity index (χ2v) is 4.43. The molecule has 0 spiro atoms. The fourth-order valence-electron chi connectivity index (χ4n) is 2.10. The molecule has 0 radical (unpaired) electrons. The predicted octanol–water partition coefficient (Wildman–Crippen LogP) is 4.09. The van der Waals surface area contributed by atoms with Crippen molar-refractivity contribution in [1.82, 2.24) is 0 Å². The van der Waals surface area contributed by atoms with Gasteiger partial charge in [0.2, 0.25) is 0 Å². The lowest BCUT2D eigenvalue weighted by Crippen LogP contribution is -2.18. The number of halogens is 3. The highest BCUT2D eigenvalue weighted by Crippen LogP contribution is 2.38. The monoisotopic (exact) mass is 242 g/mol. The molecule has 2 rings (SSSR count). The first kappa shape index (κ1) is 12.1. The first-order valence-corrected chi connectivity index (χ1v) is 5.66. The molecule has 0 aliphatic heterocycles. The Morgan fingerprint density at radius 1 is 1.24 bits per heavy atom. The number of rotatable bonds is 3. The highest BCUT2D eigenvalue weighted by atomic mass is 19.4. The molecule has 0 atom stereocenters. The Morgan fingerprint density at radius 3 is 2.41 bits per heavy atom. The Bertz CT molecular complexity index is 419. The summed E-state index contributed by atoms with van der Waals surface area (Å²) in [5.41, 5.74) is 1.03. The molecule has 0 saturated heterocycles. The van der Waals surface area contributed by atoms with Crippen LogP contribution in [0, 0.1) is 0 Å². The Hall–Kier alpha value is -1.32. The van der Waals surface area contributed by atoms with E-state index in [0.29, 0.717) is 0 Å². The molecule has 4 heteroatoms. The Morgan fingerprint density at radius 2 is 1.88 bits per heavy atom. The van der Waals surface area contributed by atoms with Crippen LogP contribution in [0.4, 0.5) is 13.2 Å². The molecular weight excluding hydrogens is 229 g/mol. The van der Waals surface area contributed by atoms with E-state index in [0.717, 1.165) is 24.8 Å². The minimum atomic E-state index is -4.43. The molecule has 0 heterocycles. The number of alkyl halides is 3. The number of hydrogen-bond donors (Lipinski definition) is 0. The third-order valence-corrected chi connectivity index (χ3v) is 3.17. The van der Waals surface area contributed by atoms with Crippen molar-refractivity contribution in [3.05, 3.63) is 35.4 Å². The molecule has 1 aliphatic rings. The van der Waals surface area contributed by atoms with Crippen LogP contribution in [-0.2, 0) is 0 Å². The summed E-state index contributed by atoms with van der Waals surface area (Å²) in [5, 5.41) is 0. The highest BCUT2D eigenvalue weighted by Gasteiger charge is 2.33. The SMILES string of the molecule is O=C(CC(F)(F)F)c1ccccc1C1CCC1. The number of Topliss-reactive ketones (excluding diaryl/α,β-unsaturated/α-hetero) is 1. The van der Waals surface area contributed by atoms with Gasteiger partial charge in [0.1, 0.15) is 6.42 Å². The number of ketones is 1. The molecule has 1 nitrogen and oxygen atoms in total. The molecule has 0 aromatic heterocycles. The van der Waals surface area contributed by atoms with Crippen molar-refractivity contribution < 1.29 is 18.0 Å². The molecule has 92 valence electrons. The zero-order valence-electron chi connectivity index (χ0n) is 9.26. The van der Waals surface area contributed by atoms with Crippen LogP contribution in [0.15, 0.2) is 24.3 Å². The quantitative estimate of drug-likeness (QED) is 0.729. The van der Waals surface area contributed by atoms with Crippen molar-refractivity contribution in [3.63, 3.8) is 0 Å². The van der Waals surface area contributed by atoms with Gasteiger partial charge in [-0.1, -0.05) is 30.7 Å². The van der Waals surface area contributed by atoms with Gasteiger partial charge in [0, 0.05) is 5.56 Å². The number of carbonyl (C=O) groups excluding carboxylic acids is 1. The van der Waals surface area contributed by atoms with Gasteiger partial charge >= 0.3 is 6.18 Å². The highest BCUT2D eigenvalue weighted by molar-refractivity contribution is 5.98. The van der Waals surface area contributed by atoms with Crippen LogP contribution in [-0.4, -0.2) is 12.0 Å². The summed E-state index contributed by atoms with van der Waals surface area (Å²) in [6, 6.07) is 6.67. The zero-order valence-corrected chi connectivity index (χ0v) is 9.26. The summed E-state index contributed by atoms with van der Waals surface area (Å²) in [6.45, 7) is 0. The van der Waals surface area contributed by atoms with Crippen molar-refractivity contribution in [1.29, 1.82) is 0 Å². The minimum absolute atomic E-state index is 0.245. The van der Waals surface area contributed by atoms with Gasteiger partial charge in [-0.2, -0.15) is 13.2 Å². The van der Waals surface area contributed by atoms with E-state index in [1.54, 1.807) is 18.2 Å². The van der Waals surface area contributed by atoms with Crippen LogP contribution in [0.3, 0.4) is 0 Å². The molecule has 1 saturated carbocycles. The fraction of sp³-hybridized carbons (Fsp3) is 0.462. The van der Waals surface area contributed by atoms with E-state index >= 15 is 0 Å². The van der Waals surface area contributed by atoms with Gasteiger partial charge in [0.15, 0.2) is 5.78 Å². The van der Waals surface area contributed by atoms with Gasteiger partial charge < -0.3 is 0 Å². The third-order valence-electron chi connectivity index (χ3n) is 3.17. The van der Waals surface area contributed by atoms with Gasteiger partial charge in [0.25, 0.3) is 0 Å². The molecule has 0 unspecified atom stereocenters. The van der Waals surface area contributed by atoms with Gasteiger partial charge in [-0.25, -0.2) is 0 Å². The van der Waals surface area contributed by atoms with Crippen LogP contribution in [0.25, 0.3) is 0 Å². The topological polar surface area (TPSA) is 17.1 Å². The fourth-order valence-corrected chi connectivity index (χ4v) is 2.10. The van der Waals surface area contributed by atoms with Crippen molar-refractivity contribution in [3.8, 4) is 0 Å². The lowest BCUT2D eigenvalue weighted by atomic mass is 9.77. The summed E-state index contributed by atoms with van der Waals surface area (Å²) in [6.07, 6.45) is -2.76. The van der Waals surface area contributed by atoms with Gasteiger partial charge in [0.05, 0.1) is 0 Å². The van der Waals surface area contributed by atoms with Crippen LogP contribution >= 0.6 is 0 Å². The first-order valence-electron chi connectivity index (χ1n) is 5.66. The first-order chi connectivity index (χ1) is 7.97. The zero-order chi connectivity index (χ0) is 12.5. The lowest BCUT2D eigenvalue weighted by Gasteiger charge is -2.27. The number of hydrogen-bond acceptors (Lipinski definition) is 1. The Balaban J connectivity index is 2.22. The van der Waals surface area contributed by atoms with E-state index in [1.807, 2.05) is 0 Å². The molecule has 1 aliphatic carbocycles. The molecule has 1 fully saturated rings. The standard InChI is InChI=1S/C13H13F3O/c14-13(15,16)8-12(17)11-7-2-1-6-10(11)9-4-3-5-9/h1-2,6-7,9H,3-5,8H2. The summed E-state index contributed by atoms with van der Waals surface area (Å²) < 4.78 is 36.6. The van der Waals surface area contributed by atoms with Crippen molar-refractivity contribution in [2.24, 2.45) is 0 Å². The summed E-state index contributed by atoms with van der Waals surface area (Å²) in [5.74, 6) is -0.552. The van der Waals surface area contributed by atoms with Crippen molar-refractivity contribution in [2.75, 3.05) is 0 Å². The summed E-state index contributed by atoms with van der Waals surface area (Å²) in [4.78, 5) is 11.6. The predicted molar refractivity (Wildman–Crippen MR) is 58.0 cm³/mol. The summed E-state index contributed by atoms with van der Waals surface area (Å²) >= 11 is 0. The van der Waals surface area contributed by atoms with Gasteiger partial charge in [-0.15, -0.1) is 0 Å². The van der Waals surface area contributed by atoms with Crippen molar-refractivity contribution >= 4 is 5.78 Å². The second-order valence-electron chi connectivity index (χ2n) is 4.43. The van der Waals surface area contributed by atoms with E-state index in [9.17, 15) is 18.0 Å². The normalized spacial score (nSPS) is 16.6. The molecule has 1 aromatic carbocycles. The van der Waals surface area contributed by atoms with E-state index in [2.05, 4.69) is 0 Å². The van der Waals surface area contributed by atoms with Crippen molar-refractivity contribution in [2.45, 2.75) is 37.8 Å². The van der Waals surface area contributed by atoms with Crippen LogP contribution in [0.1, 0.15) is 47.5 Å². The second kappa shape index (κ2) is 4.51. The smallest absolute Gasteiger partial charge is 0.294 e. The van der Waals surface area contributed by atoms with Gasteiger partial charge in [-0.3, -0.25) is 4.79 Å². The Kier molecular flexibility index (Phi) is 3.22. The van der Waals surface area contributed by atoms with Crippen LogP contribution in [0.5, 0.6) is 0 Å². The maximum absolute atomic E-state index is 12.2. The molecule has 0 bridgehead atoms. The van der Waals surface area contributed by atoms with E-state index < -0.39 is 18.4 Å². The average Bonchev–Trinajstić information content (AvgIpc) is 2.13. The maximum atomic E-state index is 12.2. The molecule has 1 aromatic rings.